The van der Waals surface area contributed by atoms with E-state index in [1.54, 1.807) is 27.4 Å². The molecule has 2 heterocycles. The smallest absolute Gasteiger partial charge is 0.290 e. The maximum absolute atomic E-state index is 12.4. The predicted molar refractivity (Wildman–Crippen MR) is 113 cm³/mol. The van der Waals surface area contributed by atoms with Gasteiger partial charge in [0, 0.05) is 38.0 Å². The van der Waals surface area contributed by atoms with Gasteiger partial charge in [-0.05, 0) is 37.1 Å². The number of carbonyl (C=O) groups is 1. The summed E-state index contributed by atoms with van der Waals surface area (Å²) in [5.74, 6) is 1.60. The molecule has 1 aliphatic heterocycles. The Morgan fingerprint density at radius 2 is 1.97 bits per heavy atom. The molecule has 1 N–H and O–H groups in total. The molecule has 3 rings (SSSR count). The predicted octanol–water partition coefficient (Wildman–Crippen LogP) is 1.96. The Hall–Kier alpha value is -2.43. The van der Waals surface area contributed by atoms with Gasteiger partial charge < -0.3 is 19.1 Å². The van der Waals surface area contributed by atoms with Gasteiger partial charge in [0.1, 0.15) is 11.6 Å². The van der Waals surface area contributed by atoms with Crippen LogP contribution in [0.15, 0.2) is 24.5 Å². The Bertz CT molecular complexity index is 971. The Kier molecular flexibility index (Phi) is 7.99. The van der Waals surface area contributed by atoms with E-state index in [-0.39, 0.29) is 24.2 Å². The number of hydrogen-bond donors (Lipinski definition) is 1. The number of ether oxygens (including phenoxy) is 2. The Balaban J connectivity index is 0.00000101. The molecule has 30 heavy (non-hydrogen) atoms. The fraction of sp³-hybridized carbons (Fsp3) is 0.500. The largest absolute Gasteiger partial charge is 0.496 e. The molecule has 9 nitrogen and oxygen atoms in total. The fourth-order valence-corrected chi connectivity index (χ4v) is 4.67. The maximum Gasteiger partial charge on any atom is 0.290 e. The zero-order valence-electron chi connectivity index (χ0n) is 17.9. The second kappa shape index (κ2) is 10.1. The van der Waals surface area contributed by atoms with E-state index in [9.17, 15) is 8.42 Å². The van der Waals surface area contributed by atoms with Crippen LogP contribution in [0.1, 0.15) is 17.2 Å². The number of carboxylic acid groups (broad SMARTS) is 1. The fourth-order valence-electron chi connectivity index (χ4n) is 3.51. The lowest BCUT2D eigenvalue weighted by atomic mass is 10.0. The van der Waals surface area contributed by atoms with Gasteiger partial charge in [0.2, 0.25) is 10.0 Å². The first-order valence-electron chi connectivity index (χ1n) is 9.40. The molecule has 10 heteroatoms. The van der Waals surface area contributed by atoms with Gasteiger partial charge in [0.25, 0.3) is 6.47 Å². The third-order valence-corrected chi connectivity index (χ3v) is 7.12. The molecule has 0 spiro atoms. The molecule has 1 fully saturated rings. The maximum atomic E-state index is 12.4. The molecule has 1 aliphatic rings. The molecule has 0 radical (unpaired) electrons. The molecule has 1 aromatic heterocycles. The van der Waals surface area contributed by atoms with E-state index in [2.05, 4.69) is 15.6 Å². The van der Waals surface area contributed by atoms with Crippen LogP contribution < -0.4 is 4.74 Å². The number of hydrogen-bond acceptors (Lipinski definition) is 6. The second-order valence-electron chi connectivity index (χ2n) is 7.33. The van der Waals surface area contributed by atoms with Crippen molar-refractivity contribution >= 4 is 16.5 Å². The first-order chi connectivity index (χ1) is 14.2. The standard InChI is InChI=1S/C19H27N3O4S.CH2O2/c1-13-9-18(25-5)14(2)8-16(13)19-20-6-7-22(19)17-11-26-10-15(17)12-27(23,24)21(3)4;2-1-3/h6-9,15,17H,10-12H2,1-5H3;1H,(H,2,3)/t15-,17+;/m0./s1. The first kappa shape index (κ1) is 23.8. The van der Waals surface area contributed by atoms with Crippen LogP contribution >= 0.6 is 0 Å². The van der Waals surface area contributed by atoms with Crippen LogP contribution in [0.2, 0.25) is 0 Å². The van der Waals surface area contributed by atoms with E-state index in [1.165, 1.54) is 4.31 Å². The number of benzene rings is 1. The average Bonchev–Trinajstić information content (AvgIpc) is 3.32. The highest BCUT2D eigenvalue weighted by Crippen LogP contribution is 2.34. The molecule has 0 saturated carbocycles. The number of imidazole rings is 1. The van der Waals surface area contributed by atoms with E-state index in [0.717, 1.165) is 28.3 Å². The van der Waals surface area contributed by atoms with Gasteiger partial charge in [0.15, 0.2) is 0 Å². The van der Waals surface area contributed by atoms with Crippen molar-refractivity contribution < 1.29 is 27.8 Å². The topological polar surface area (TPSA) is 111 Å². The summed E-state index contributed by atoms with van der Waals surface area (Å²) in [7, 11) is 1.48. The molecule has 1 saturated heterocycles. The van der Waals surface area contributed by atoms with Crippen LogP contribution in [-0.2, 0) is 19.6 Å². The van der Waals surface area contributed by atoms with Gasteiger partial charge >= 0.3 is 0 Å². The highest BCUT2D eigenvalue weighted by Gasteiger charge is 2.35. The van der Waals surface area contributed by atoms with Crippen molar-refractivity contribution in [2.24, 2.45) is 5.92 Å². The quantitative estimate of drug-likeness (QED) is 0.685. The molecular weight excluding hydrogens is 410 g/mol. The summed E-state index contributed by atoms with van der Waals surface area (Å²) in [5, 5.41) is 6.89. The lowest BCUT2D eigenvalue weighted by molar-refractivity contribution is -0.122. The van der Waals surface area contributed by atoms with Crippen molar-refractivity contribution in [1.82, 2.24) is 13.9 Å². The minimum atomic E-state index is -3.30. The second-order valence-corrected chi connectivity index (χ2v) is 9.55. The van der Waals surface area contributed by atoms with Crippen molar-refractivity contribution in [2.45, 2.75) is 19.9 Å². The highest BCUT2D eigenvalue weighted by molar-refractivity contribution is 7.89. The van der Waals surface area contributed by atoms with E-state index in [1.807, 2.05) is 26.1 Å². The number of methoxy groups -OCH3 is 1. The zero-order valence-corrected chi connectivity index (χ0v) is 18.7. The zero-order chi connectivity index (χ0) is 22.5. The van der Waals surface area contributed by atoms with E-state index >= 15 is 0 Å². The third-order valence-electron chi connectivity index (χ3n) is 5.15. The van der Waals surface area contributed by atoms with E-state index in [0.29, 0.717) is 13.2 Å². The first-order valence-corrected chi connectivity index (χ1v) is 11.0. The lowest BCUT2D eigenvalue weighted by Crippen LogP contribution is -2.32. The van der Waals surface area contributed by atoms with Crippen molar-refractivity contribution in [1.29, 1.82) is 0 Å². The van der Waals surface area contributed by atoms with Crippen molar-refractivity contribution in [2.75, 3.05) is 40.2 Å². The lowest BCUT2D eigenvalue weighted by Gasteiger charge is -2.23. The van der Waals surface area contributed by atoms with Gasteiger partial charge in [-0.25, -0.2) is 17.7 Å². The van der Waals surface area contributed by atoms with Crippen LogP contribution in [0.3, 0.4) is 0 Å². The summed E-state index contributed by atoms with van der Waals surface area (Å²) in [6.07, 6.45) is 3.66. The third kappa shape index (κ3) is 5.18. The van der Waals surface area contributed by atoms with Crippen LogP contribution in [-0.4, -0.2) is 74.0 Å². The van der Waals surface area contributed by atoms with Gasteiger partial charge in [-0.2, -0.15) is 0 Å². The molecule has 0 bridgehead atoms. The molecule has 0 unspecified atom stereocenters. The monoisotopic (exact) mass is 439 g/mol. The van der Waals surface area contributed by atoms with Crippen LogP contribution in [0, 0.1) is 19.8 Å². The van der Waals surface area contributed by atoms with Crippen LogP contribution in [0.4, 0.5) is 0 Å². The summed E-state index contributed by atoms with van der Waals surface area (Å²) in [6, 6.07) is 4.00. The number of nitrogens with zero attached hydrogens (tertiary/aromatic N) is 3. The van der Waals surface area contributed by atoms with E-state index < -0.39 is 10.0 Å². The van der Waals surface area contributed by atoms with Gasteiger partial charge in [-0.1, -0.05) is 0 Å². The molecule has 2 atom stereocenters. The highest BCUT2D eigenvalue weighted by atomic mass is 32.2. The van der Waals surface area contributed by atoms with Gasteiger partial charge in [0.05, 0.1) is 32.1 Å². The van der Waals surface area contributed by atoms with Gasteiger partial charge in [-0.15, -0.1) is 0 Å². The number of rotatable bonds is 6. The summed E-state index contributed by atoms with van der Waals surface area (Å²) >= 11 is 0. The number of aryl methyl sites for hydroxylation is 2. The van der Waals surface area contributed by atoms with Gasteiger partial charge in [-0.3, -0.25) is 4.79 Å². The summed E-state index contributed by atoms with van der Waals surface area (Å²) < 4.78 is 39.1. The molecule has 2 aromatic rings. The molecule has 0 amide bonds. The Morgan fingerprint density at radius 3 is 2.57 bits per heavy atom. The Labute approximate surface area is 177 Å². The van der Waals surface area contributed by atoms with Crippen LogP contribution in [0.5, 0.6) is 5.75 Å². The van der Waals surface area contributed by atoms with E-state index in [4.69, 9.17) is 19.4 Å². The molecule has 1 aromatic carbocycles. The number of aromatic nitrogens is 2. The summed E-state index contributed by atoms with van der Waals surface area (Å²) in [6.45, 7) is 4.68. The van der Waals surface area contributed by atoms with Crippen molar-refractivity contribution in [3.63, 3.8) is 0 Å². The molecule has 0 aliphatic carbocycles. The normalized spacial score (nSPS) is 18.7. The molecule has 166 valence electrons. The molecular formula is C20H29N3O6S. The van der Waals surface area contributed by atoms with Crippen LogP contribution in [0.25, 0.3) is 11.4 Å². The Morgan fingerprint density at radius 1 is 1.30 bits per heavy atom. The van der Waals surface area contributed by atoms with Crippen molar-refractivity contribution in [3.05, 3.63) is 35.7 Å². The number of sulfonamides is 1. The summed E-state index contributed by atoms with van der Waals surface area (Å²) in [4.78, 5) is 12.9. The SMILES string of the molecule is COc1cc(C)c(-c2nccn2[C@@H]2COC[C@H]2CS(=O)(=O)N(C)C)cc1C.O=CO. The van der Waals surface area contributed by atoms with Crippen molar-refractivity contribution in [3.8, 4) is 17.1 Å². The minimum absolute atomic E-state index is 0.0584. The summed E-state index contributed by atoms with van der Waals surface area (Å²) in [5.41, 5.74) is 3.10. The average molecular weight is 440 g/mol. The minimum Gasteiger partial charge on any atom is -0.496 e.